The van der Waals surface area contributed by atoms with E-state index in [1.54, 1.807) is 18.7 Å². The Morgan fingerprint density at radius 1 is 1.65 bits per heavy atom. The summed E-state index contributed by atoms with van der Waals surface area (Å²) in [5.74, 6) is 0.662. The summed E-state index contributed by atoms with van der Waals surface area (Å²) in [6, 6.07) is 1.33. The van der Waals surface area contributed by atoms with Gasteiger partial charge in [-0.2, -0.15) is 11.8 Å². The standard InChI is InChI=1S/C11H16N2O5S2/c1-2-20(16,17)10-7-19-4-3-13(10)6-8-5-9(11(14)15)12-18-8/h5,10H,2-4,6-7H2,1H3,(H,14,15). The van der Waals surface area contributed by atoms with Crippen LogP contribution in [0.5, 0.6) is 0 Å². The van der Waals surface area contributed by atoms with Gasteiger partial charge in [-0.25, -0.2) is 13.2 Å². The molecular formula is C11H16N2O5S2. The number of hydrogen-bond acceptors (Lipinski definition) is 7. The zero-order valence-electron chi connectivity index (χ0n) is 11.0. The predicted octanol–water partition coefficient (Wildman–Crippen LogP) is 0.682. The van der Waals surface area contributed by atoms with E-state index in [9.17, 15) is 13.2 Å². The molecule has 112 valence electrons. The number of carbonyl (C=O) groups is 1. The minimum Gasteiger partial charge on any atom is -0.476 e. The van der Waals surface area contributed by atoms with Crippen molar-refractivity contribution < 1.29 is 22.8 Å². The highest BCUT2D eigenvalue weighted by Gasteiger charge is 2.33. The molecule has 1 aromatic heterocycles. The third-order valence-electron chi connectivity index (χ3n) is 3.14. The van der Waals surface area contributed by atoms with Crippen LogP contribution in [0.25, 0.3) is 0 Å². The third kappa shape index (κ3) is 3.33. The smallest absolute Gasteiger partial charge is 0.358 e. The lowest BCUT2D eigenvalue weighted by molar-refractivity contribution is 0.0685. The first kappa shape index (κ1) is 15.3. The zero-order valence-corrected chi connectivity index (χ0v) is 12.6. The highest BCUT2D eigenvalue weighted by atomic mass is 32.2. The first-order valence-electron chi connectivity index (χ1n) is 6.16. The van der Waals surface area contributed by atoms with E-state index in [-0.39, 0.29) is 18.0 Å². The van der Waals surface area contributed by atoms with Gasteiger partial charge in [-0.1, -0.05) is 12.1 Å². The number of sulfone groups is 1. The second-order valence-electron chi connectivity index (χ2n) is 4.44. The minimum absolute atomic E-state index is 0.0888. The summed E-state index contributed by atoms with van der Waals surface area (Å²) < 4.78 is 29.1. The molecule has 0 aromatic carbocycles. The fraction of sp³-hybridized carbons (Fsp3) is 0.636. The maximum atomic E-state index is 12.1. The number of nitrogens with zero attached hydrogens (tertiary/aromatic N) is 2. The first-order valence-corrected chi connectivity index (χ1v) is 9.03. The van der Waals surface area contributed by atoms with Crippen molar-refractivity contribution >= 4 is 27.6 Å². The zero-order chi connectivity index (χ0) is 14.8. The SMILES string of the molecule is CCS(=O)(=O)C1CSCCN1Cc1cc(C(=O)O)no1. The maximum absolute atomic E-state index is 12.1. The molecular weight excluding hydrogens is 304 g/mol. The van der Waals surface area contributed by atoms with Crippen molar-refractivity contribution in [3.05, 3.63) is 17.5 Å². The number of hydrogen-bond donors (Lipinski definition) is 1. The lowest BCUT2D eigenvalue weighted by Crippen LogP contribution is -2.47. The fourth-order valence-electron chi connectivity index (χ4n) is 2.01. The van der Waals surface area contributed by atoms with Gasteiger partial charge in [0.05, 0.1) is 6.54 Å². The molecule has 0 spiro atoms. The molecule has 0 bridgehead atoms. The minimum atomic E-state index is -3.17. The van der Waals surface area contributed by atoms with Crippen LogP contribution in [-0.2, 0) is 16.4 Å². The number of aromatic nitrogens is 1. The van der Waals surface area contributed by atoms with Crippen molar-refractivity contribution in [3.8, 4) is 0 Å². The summed E-state index contributed by atoms with van der Waals surface area (Å²) in [7, 11) is -3.17. The normalized spacial score (nSPS) is 20.9. The van der Waals surface area contributed by atoms with E-state index in [0.717, 1.165) is 5.75 Å². The summed E-state index contributed by atoms with van der Waals surface area (Å²) >= 11 is 1.61. The van der Waals surface area contributed by atoms with Crippen molar-refractivity contribution in [2.75, 3.05) is 23.8 Å². The largest absolute Gasteiger partial charge is 0.476 e. The molecule has 1 aromatic rings. The molecule has 1 saturated heterocycles. The molecule has 0 radical (unpaired) electrons. The van der Waals surface area contributed by atoms with Crippen molar-refractivity contribution in [3.63, 3.8) is 0 Å². The summed E-state index contributed by atoms with van der Waals surface area (Å²) in [5, 5.41) is 11.7. The van der Waals surface area contributed by atoms with Crippen LogP contribution >= 0.6 is 11.8 Å². The van der Waals surface area contributed by atoms with Crippen molar-refractivity contribution in [2.45, 2.75) is 18.8 Å². The molecule has 2 rings (SSSR count). The average molecular weight is 320 g/mol. The monoisotopic (exact) mass is 320 g/mol. The summed E-state index contributed by atoms with van der Waals surface area (Å²) in [6.07, 6.45) is 0. The van der Waals surface area contributed by atoms with E-state index in [1.165, 1.54) is 6.07 Å². The molecule has 1 N–H and O–H groups in total. The van der Waals surface area contributed by atoms with E-state index in [2.05, 4.69) is 5.16 Å². The number of rotatable bonds is 5. The van der Waals surface area contributed by atoms with Gasteiger partial charge in [-0.15, -0.1) is 0 Å². The Balaban J connectivity index is 2.14. The summed E-state index contributed by atoms with van der Waals surface area (Å²) in [4.78, 5) is 12.5. The Hall–Kier alpha value is -1.06. The van der Waals surface area contributed by atoms with Crippen LogP contribution in [0.4, 0.5) is 0 Å². The second kappa shape index (κ2) is 6.15. The maximum Gasteiger partial charge on any atom is 0.358 e. The van der Waals surface area contributed by atoms with Gasteiger partial charge in [-0.05, 0) is 0 Å². The summed E-state index contributed by atoms with van der Waals surface area (Å²) in [5.41, 5.74) is -0.165. The van der Waals surface area contributed by atoms with Crippen LogP contribution in [0.15, 0.2) is 10.6 Å². The van der Waals surface area contributed by atoms with E-state index < -0.39 is 21.2 Å². The molecule has 0 aliphatic carbocycles. The van der Waals surface area contributed by atoms with Crippen molar-refractivity contribution in [2.24, 2.45) is 0 Å². The number of aromatic carboxylic acids is 1. The van der Waals surface area contributed by atoms with Crippen LogP contribution < -0.4 is 0 Å². The van der Waals surface area contributed by atoms with Gasteiger partial charge in [0.2, 0.25) is 0 Å². The fourth-order valence-corrected chi connectivity index (χ4v) is 5.09. The van der Waals surface area contributed by atoms with Crippen LogP contribution in [0.3, 0.4) is 0 Å². The van der Waals surface area contributed by atoms with Crippen LogP contribution in [0.1, 0.15) is 23.2 Å². The molecule has 1 unspecified atom stereocenters. The molecule has 1 atom stereocenters. The molecule has 1 fully saturated rings. The Morgan fingerprint density at radius 3 is 3.00 bits per heavy atom. The van der Waals surface area contributed by atoms with E-state index in [4.69, 9.17) is 9.63 Å². The molecule has 0 saturated carbocycles. The van der Waals surface area contributed by atoms with Gasteiger partial charge in [0.25, 0.3) is 0 Å². The van der Waals surface area contributed by atoms with Gasteiger partial charge in [0, 0.05) is 29.9 Å². The average Bonchev–Trinajstić information content (AvgIpc) is 2.88. The van der Waals surface area contributed by atoms with Gasteiger partial charge in [0.1, 0.15) is 5.37 Å². The van der Waals surface area contributed by atoms with Crippen LogP contribution in [0.2, 0.25) is 0 Å². The summed E-state index contributed by atoms with van der Waals surface area (Å²) in [6.45, 7) is 2.51. The van der Waals surface area contributed by atoms with Crippen LogP contribution in [0, 0.1) is 0 Å². The number of thioether (sulfide) groups is 1. The van der Waals surface area contributed by atoms with Crippen molar-refractivity contribution in [1.29, 1.82) is 0 Å². The highest BCUT2D eigenvalue weighted by molar-refractivity contribution is 8.01. The van der Waals surface area contributed by atoms with Gasteiger partial charge in [-0.3, -0.25) is 4.90 Å². The van der Waals surface area contributed by atoms with Gasteiger partial charge < -0.3 is 9.63 Å². The van der Waals surface area contributed by atoms with E-state index in [1.807, 2.05) is 4.90 Å². The van der Waals surface area contributed by atoms with E-state index in [0.29, 0.717) is 18.1 Å². The topological polar surface area (TPSA) is 101 Å². The first-order chi connectivity index (χ1) is 9.44. The highest BCUT2D eigenvalue weighted by Crippen LogP contribution is 2.23. The quantitative estimate of drug-likeness (QED) is 0.845. The van der Waals surface area contributed by atoms with Crippen LogP contribution in [-0.4, -0.2) is 58.7 Å². The lowest BCUT2D eigenvalue weighted by atomic mass is 10.3. The molecule has 2 heterocycles. The Morgan fingerprint density at radius 2 is 2.40 bits per heavy atom. The van der Waals surface area contributed by atoms with Gasteiger partial charge in [0.15, 0.2) is 21.3 Å². The molecule has 7 nitrogen and oxygen atoms in total. The molecule has 20 heavy (non-hydrogen) atoms. The number of carboxylic acids is 1. The van der Waals surface area contributed by atoms with Crippen molar-refractivity contribution in [1.82, 2.24) is 10.1 Å². The predicted molar refractivity (Wildman–Crippen MR) is 74.4 cm³/mol. The molecule has 1 aliphatic rings. The van der Waals surface area contributed by atoms with E-state index >= 15 is 0 Å². The lowest BCUT2D eigenvalue weighted by Gasteiger charge is -2.33. The third-order valence-corrected chi connectivity index (χ3v) is 6.48. The number of carboxylic acid groups (broad SMARTS) is 1. The molecule has 9 heteroatoms. The molecule has 0 amide bonds. The Labute approximate surface area is 121 Å². The second-order valence-corrected chi connectivity index (χ2v) is 8.03. The molecule has 1 aliphatic heterocycles. The Bertz CT molecular complexity index is 583. The Kier molecular flexibility index (Phi) is 4.71. The van der Waals surface area contributed by atoms with Gasteiger partial charge >= 0.3 is 5.97 Å².